The fraction of sp³-hybridized carbons (Fsp3) is 0.889. The first-order valence-corrected chi connectivity index (χ1v) is 4.63. The molecule has 1 saturated carbocycles. The van der Waals surface area contributed by atoms with Crippen molar-refractivity contribution in [3.8, 4) is 0 Å². The third-order valence-corrected chi connectivity index (χ3v) is 2.43. The molecule has 0 aromatic rings. The van der Waals surface area contributed by atoms with E-state index >= 15 is 0 Å². The zero-order chi connectivity index (χ0) is 9.90. The van der Waals surface area contributed by atoms with Gasteiger partial charge >= 0.3 is 5.97 Å². The predicted molar refractivity (Wildman–Crippen MR) is 44.9 cm³/mol. The Hall–Kier alpha value is -0.640. The molecule has 0 saturated heterocycles. The number of rotatable bonds is 3. The van der Waals surface area contributed by atoms with Gasteiger partial charge in [0.25, 0.3) is 0 Å². The summed E-state index contributed by atoms with van der Waals surface area (Å²) in [6, 6.07) is 0. The van der Waals surface area contributed by atoms with E-state index in [9.17, 15) is 14.3 Å². The van der Waals surface area contributed by atoms with Gasteiger partial charge in [-0.3, -0.25) is 0 Å². The van der Waals surface area contributed by atoms with E-state index in [-0.39, 0.29) is 6.61 Å². The van der Waals surface area contributed by atoms with E-state index < -0.39 is 17.7 Å². The second-order valence-electron chi connectivity index (χ2n) is 3.43. The van der Waals surface area contributed by atoms with Crippen LogP contribution in [0.2, 0.25) is 0 Å². The van der Waals surface area contributed by atoms with Gasteiger partial charge in [-0.1, -0.05) is 12.8 Å². The largest absolute Gasteiger partial charge is 0.464 e. The number of alkyl halides is 1. The third kappa shape index (κ3) is 2.18. The molecule has 1 fully saturated rings. The fourth-order valence-corrected chi connectivity index (χ4v) is 1.68. The molecule has 0 amide bonds. The SMILES string of the molecule is CCOC(=O)C(F)C1(O)CCCC1. The lowest BCUT2D eigenvalue weighted by molar-refractivity contribution is -0.160. The summed E-state index contributed by atoms with van der Waals surface area (Å²) in [5, 5.41) is 9.68. The maximum atomic E-state index is 13.3. The van der Waals surface area contributed by atoms with E-state index in [4.69, 9.17) is 0 Å². The van der Waals surface area contributed by atoms with Crippen LogP contribution in [0.5, 0.6) is 0 Å². The van der Waals surface area contributed by atoms with Gasteiger partial charge in [0.05, 0.1) is 6.61 Å². The molecule has 76 valence electrons. The molecule has 1 aliphatic carbocycles. The first-order valence-electron chi connectivity index (χ1n) is 4.63. The monoisotopic (exact) mass is 190 g/mol. The minimum absolute atomic E-state index is 0.148. The maximum Gasteiger partial charge on any atom is 0.343 e. The van der Waals surface area contributed by atoms with E-state index in [2.05, 4.69) is 4.74 Å². The molecule has 0 radical (unpaired) electrons. The maximum absolute atomic E-state index is 13.3. The Morgan fingerprint density at radius 1 is 1.62 bits per heavy atom. The molecule has 0 heterocycles. The highest BCUT2D eigenvalue weighted by Gasteiger charge is 2.44. The highest BCUT2D eigenvalue weighted by molar-refractivity contribution is 5.76. The quantitative estimate of drug-likeness (QED) is 0.680. The number of aliphatic hydroxyl groups is 1. The summed E-state index contributed by atoms with van der Waals surface area (Å²) < 4.78 is 17.9. The number of carbonyl (C=O) groups excluding carboxylic acids is 1. The molecular formula is C9H15FO3. The average Bonchev–Trinajstić information content (AvgIpc) is 2.52. The normalized spacial score (nSPS) is 22.7. The van der Waals surface area contributed by atoms with Crippen molar-refractivity contribution in [2.75, 3.05) is 6.61 Å². The van der Waals surface area contributed by atoms with Gasteiger partial charge < -0.3 is 9.84 Å². The van der Waals surface area contributed by atoms with Gasteiger partial charge in [0, 0.05) is 0 Å². The van der Waals surface area contributed by atoms with Gasteiger partial charge in [0.15, 0.2) is 0 Å². The Kier molecular flexibility index (Phi) is 3.25. The summed E-state index contributed by atoms with van der Waals surface area (Å²) in [7, 11) is 0. The number of carbonyl (C=O) groups is 1. The molecule has 1 unspecified atom stereocenters. The summed E-state index contributed by atoms with van der Waals surface area (Å²) in [5.74, 6) is -0.938. The molecule has 0 bridgehead atoms. The van der Waals surface area contributed by atoms with Crippen molar-refractivity contribution in [3.63, 3.8) is 0 Å². The topological polar surface area (TPSA) is 46.5 Å². The Balaban J connectivity index is 2.54. The van der Waals surface area contributed by atoms with Crippen LogP contribution in [0.4, 0.5) is 4.39 Å². The molecule has 0 aliphatic heterocycles. The summed E-state index contributed by atoms with van der Waals surface area (Å²) in [5.41, 5.74) is -1.47. The van der Waals surface area contributed by atoms with Crippen LogP contribution in [0.25, 0.3) is 0 Å². The number of hydrogen-bond donors (Lipinski definition) is 1. The van der Waals surface area contributed by atoms with Crippen LogP contribution in [0.15, 0.2) is 0 Å². The van der Waals surface area contributed by atoms with Crippen molar-refractivity contribution in [2.24, 2.45) is 0 Å². The average molecular weight is 190 g/mol. The minimum Gasteiger partial charge on any atom is -0.464 e. The highest BCUT2D eigenvalue weighted by atomic mass is 19.1. The summed E-state index contributed by atoms with van der Waals surface area (Å²) in [6.07, 6.45) is 0.377. The second-order valence-corrected chi connectivity index (χ2v) is 3.43. The van der Waals surface area contributed by atoms with E-state index in [0.717, 1.165) is 12.8 Å². The van der Waals surface area contributed by atoms with E-state index in [1.807, 2.05) is 0 Å². The van der Waals surface area contributed by atoms with Gasteiger partial charge in [0.1, 0.15) is 5.60 Å². The zero-order valence-corrected chi connectivity index (χ0v) is 7.75. The molecule has 0 spiro atoms. The van der Waals surface area contributed by atoms with Gasteiger partial charge in [-0.05, 0) is 19.8 Å². The lowest BCUT2D eigenvalue weighted by atomic mass is 9.96. The molecule has 1 N–H and O–H groups in total. The van der Waals surface area contributed by atoms with Crippen LogP contribution in [0, 0.1) is 0 Å². The second kappa shape index (κ2) is 4.05. The summed E-state index contributed by atoms with van der Waals surface area (Å²) in [4.78, 5) is 11.0. The van der Waals surface area contributed by atoms with Crippen molar-refractivity contribution < 1.29 is 19.0 Å². The van der Waals surface area contributed by atoms with Crippen LogP contribution in [0.3, 0.4) is 0 Å². The summed E-state index contributed by atoms with van der Waals surface area (Å²) >= 11 is 0. The van der Waals surface area contributed by atoms with E-state index in [0.29, 0.717) is 12.8 Å². The van der Waals surface area contributed by atoms with Gasteiger partial charge in [-0.15, -0.1) is 0 Å². The van der Waals surface area contributed by atoms with Crippen LogP contribution in [0.1, 0.15) is 32.6 Å². The highest BCUT2D eigenvalue weighted by Crippen LogP contribution is 2.34. The summed E-state index contributed by atoms with van der Waals surface area (Å²) in [6.45, 7) is 1.76. The van der Waals surface area contributed by atoms with Crippen LogP contribution >= 0.6 is 0 Å². The Bertz CT molecular complexity index is 187. The molecule has 4 heteroatoms. The third-order valence-electron chi connectivity index (χ3n) is 2.43. The van der Waals surface area contributed by atoms with Gasteiger partial charge in [-0.25, -0.2) is 9.18 Å². The van der Waals surface area contributed by atoms with Crippen LogP contribution < -0.4 is 0 Å². The Morgan fingerprint density at radius 2 is 2.15 bits per heavy atom. The van der Waals surface area contributed by atoms with Crippen molar-refractivity contribution in [1.82, 2.24) is 0 Å². The molecule has 3 nitrogen and oxygen atoms in total. The first kappa shape index (κ1) is 10.4. The number of esters is 1. The smallest absolute Gasteiger partial charge is 0.343 e. The molecule has 1 atom stereocenters. The molecule has 1 aliphatic rings. The van der Waals surface area contributed by atoms with Crippen molar-refractivity contribution in [3.05, 3.63) is 0 Å². The van der Waals surface area contributed by atoms with Crippen LogP contribution in [-0.4, -0.2) is 29.5 Å². The van der Waals surface area contributed by atoms with Gasteiger partial charge in [0.2, 0.25) is 6.17 Å². The molecule has 0 aromatic heterocycles. The number of ether oxygens (including phenoxy) is 1. The van der Waals surface area contributed by atoms with E-state index in [1.54, 1.807) is 6.92 Å². The molecule has 1 rings (SSSR count). The van der Waals surface area contributed by atoms with Crippen molar-refractivity contribution in [2.45, 2.75) is 44.4 Å². The molecular weight excluding hydrogens is 175 g/mol. The Labute approximate surface area is 76.9 Å². The lowest BCUT2D eigenvalue weighted by Crippen LogP contribution is -2.42. The number of halogens is 1. The fourth-order valence-electron chi connectivity index (χ4n) is 1.68. The van der Waals surface area contributed by atoms with Crippen molar-refractivity contribution >= 4 is 5.97 Å². The molecule has 0 aromatic carbocycles. The predicted octanol–water partition coefficient (Wildman–Crippen LogP) is 1.19. The van der Waals surface area contributed by atoms with Gasteiger partial charge in [-0.2, -0.15) is 0 Å². The van der Waals surface area contributed by atoms with E-state index in [1.165, 1.54) is 0 Å². The Morgan fingerprint density at radius 3 is 2.62 bits per heavy atom. The zero-order valence-electron chi connectivity index (χ0n) is 7.75. The van der Waals surface area contributed by atoms with Crippen LogP contribution in [-0.2, 0) is 9.53 Å². The minimum atomic E-state index is -1.88. The standard InChI is InChI=1S/C9H15FO3/c1-2-13-8(11)7(10)9(12)5-3-4-6-9/h7,12H,2-6H2,1H3. The molecule has 13 heavy (non-hydrogen) atoms. The number of hydrogen-bond acceptors (Lipinski definition) is 3. The van der Waals surface area contributed by atoms with Crippen molar-refractivity contribution in [1.29, 1.82) is 0 Å². The first-order chi connectivity index (χ1) is 6.10. The lowest BCUT2D eigenvalue weighted by Gasteiger charge is -2.24.